The Morgan fingerprint density at radius 1 is 1.20 bits per heavy atom. The minimum absolute atomic E-state index is 0.823. The Balaban J connectivity index is 2.83. The Labute approximate surface area is 102 Å². The van der Waals surface area contributed by atoms with Crippen LogP contribution in [0.1, 0.15) is 0 Å². The molecule has 0 atom stereocenters. The van der Waals surface area contributed by atoms with E-state index >= 15 is 0 Å². The first-order chi connectivity index (χ1) is 7.17. The lowest BCUT2D eigenvalue weighted by Gasteiger charge is -2.07. The number of halogens is 1. The van der Waals surface area contributed by atoms with E-state index in [2.05, 4.69) is 33.4 Å². The highest BCUT2D eigenvalue weighted by Gasteiger charge is 2.11. The smallest absolute Gasteiger partial charge is 0.146 e. The summed E-state index contributed by atoms with van der Waals surface area (Å²) in [5.74, 6) is 1.67. The maximum atomic E-state index is 5.36. The maximum absolute atomic E-state index is 5.36. The summed E-state index contributed by atoms with van der Waals surface area (Å²) in [5.41, 5.74) is 1.10. The quantitative estimate of drug-likeness (QED) is 0.795. The second-order valence-corrected chi connectivity index (χ2v) is 4.48. The molecule has 0 saturated carbocycles. The SMILES string of the molecule is COc1cc(OC)c2c(c1)c(I)cn2C. The van der Waals surface area contributed by atoms with E-state index in [1.807, 2.05) is 19.2 Å². The van der Waals surface area contributed by atoms with Gasteiger partial charge in [-0.2, -0.15) is 0 Å². The van der Waals surface area contributed by atoms with Crippen LogP contribution in [0.15, 0.2) is 18.3 Å². The van der Waals surface area contributed by atoms with Gasteiger partial charge in [-0.3, -0.25) is 0 Å². The van der Waals surface area contributed by atoms with Crippen molar-refractivity contribution in [2.75, 3.05) is 14.2 Å². The van der Waals surface area contributed by atoms with Crippen molar-refractivity contribution in [3.8, 4) is 11.5 Å². The Bertz CT molecular complexity index is 505. The molecule has 0 bridgehead atoms. The molecule has 0 aliphatic rings. The van der Waals surface area contributed by atoms with Crippen molar-refractivity contribution in [2.24, 2.45) is 7.05 Å². The molecule has 0 fully saturated rings. The van der Waals surface area contributed by atoms with Crippen molar-refractivity contribution in [3.63, 3.8) is 0 Å². The molecule has 0 unspecified atom stereocenters. The Hall–Kier alpha value is -0.910. The van der Waals surface area contributed by atoms with Gasteiger partial charge in [-0.25, -0.2) is 0 Å². The fourth-order valence-electron chi connectivity index (χ4n) is 1.71. The molecule has 2 aromatic rings. The van der Waals surface area contributed by atoms with Gasteiger partial charge in [0.25, 0.3) is 0 Å². The molecule has 0 aliphatic heterocycles. The summed E-state index contributed by atoms with van der Waals surface area (Å²) in [4.78, 5) is 0. The molecule has 0 N–H and O–H groups in total. The predicted octanol–water partition coefficient (Wildman–Crippen LogP) is 2.80. The molecule has 4 heteroatoms. The molecule has 3 nitrogen and oxygen atoms in total. The molecule has 0 spiro atoms. The van der Waals surface area contributed by atoms with Crippen molar-refractivity contribution in [3.05, 3.63) is 21.9 Å². The molecule has 0 amide bonds. The van der Waals surface area contributed by atoms with Gasteiger partial charge >= 0.3 is 0 Å². The molecular formula is C11H12INO2. The van der Waals surface area contributed by atoms with Crippen molar-refractivity contribution >= 4 is 33.5 Å². The average Bonchev–Trinajstić information content (AvgIpc) is 2.53. The lowest BCUT2D eigenvalue weighted by atomic mass is 10.2. The molecule has 2 rings (SSSR count). The summed E-state index contributed by atoms with van der Waals surface area (Å²) in [7, 11) is 5.35. The molecule has 1 heterocycles. The van der Waals surface area contributed by atoms with Crippen molar-refractivity contribution < 1.29 is 9.47 Å². The third-order valence-electron chi connectivity index (χ3n) is 2.42. The third kappa shape index (κ3) is 1.67. The van der Waals surface area contributed by atoms with Gasteiger partial charge in [0.05, 0.1) is 19.7 Å². The first-order valence-corrected chi connectivity index (χ1v) is 5.61. The molecule has 0 aliphatic carbocycles. The van der Waals surface area contributed by atoms with Gasteiger partial charge in [0.1, 0.15) is 11.5 Å². The van der Waals surface area contributed by atoms with Crippen LogP contribution in [-0.4, -0.2) is 18.8 Å². The third-order valence-corrected chi connectivity index (χ3v) is 3.28. The number of nitrogens with zero attached hydrogens (tertiary/aromatic N) is 1. The van der Waals surface area contributed by atoms with E-state index in [1.54, 1.807) is 14.2 Å². The highest BCUT2D eigenvalue weighted by Crippen LogP contribution is 2.34. The van der Waals surface area contributed by atoms with E-state index < -0.39 is 0 Å². The molecule has 1 aromatic heterocycles. The zero-order valence-corrected chi connectivity index (χ0v) is 11.0. The molecule has 1 aromatic carbocycles. The number of aryl methyl sites for hydroxylation is 1. The number of rotatable bonds is 2. The zero-order valence-electron chi connectivity index (χ0n) is 8.87. The second kappa shape index (κ2) is 3.92. The molecule has 0 radical (unpaired) electrons. The number of hydrogen-bond donors (Lipinski definition) is 0. The first-order valence-electron chi connectivity index (χ1n) is 4.54. The molecule has 0 saturated heterocycles. The molecule has 15 heavy (non-hydrogen) atoms. The Morgan fingerprint density at radius 2 is 1.93 bits per heavy atom. The van der Waals surface area contributed by atoms with Gasteiger partial charge in [0.2, 0.25) is 0 Å². The first kappa shape index (κ1) is 10.6. The van der Waals surface area contributed by atoms with E-state index in [0.717, 1.165) is 22.4 Å². The van der Waals surface area contributed by atoms with Crippen LogP contribution in [0, 0.1) is 3.57 Å². The van der Waals surface area contributed by atoms with Gasteiger partial charge < -0.3 is 14.0 Å². The maximum Gasteiger partial charge on any atom is 0.146 e. The lowest BCUT2D eigenvalue weighted by molar-refractivity contribution is 0.397. The summed E-state index contributed by atoms with van der Waals surface area (Å²) in [6.45, 7) is 0. The number of benzene rings is 1. The van der Waals surface area contributed by atoms with Crippen molar-refractivity contribution in [1.29, 1.82) is 0 Å². The number of hydrogen-bond acceptors (Lipinski definition) is 2. The van der Waals surface area contributed by atoms with E-state index in [1.165, 1.54) is 3.57 Å². The van der Waals surface area contributed by atoms with Gasteiger partial charge in [0.15, 0.2) is 0 Å². The summed E-state index contributed by atoms with van der Waals surface area (Å²) < 4.78 is 13.9. The fourth-order valence-corrected chi connectivity index (χ4v) is 2.53. The summed E-state index contributed by atoms with van der Waals surface area (Å²) in [6, 6.07) is 3.93. The van der Waals surface area contributed by atoms with Gasteiger partial charge in [0, 0.05) is 28.3 Å². The lowest BCUT2D eigenvalue weighted by Crippen LogP contribution is -1.92. The fraction of sp³-hybridized carbons (Fsp3) is 0.273. The summed E-state index contributed by atoms with van der Waals surface area (Å²) in [5, 5.41) is 1.16. The Kier molecular flexibility index (Phi) is 2.77. The predicted molar refractivity (Wildman–Crippen MR) is 68.7 cm³/mol. The van der Waals surface area contributed by atoms with Crippen LogP contribution in [0.3, 0.4) is 0 Å². The van der Waals surface area contributed by atoms with Crippen LogP contribution < -0.4 is 9.47 Å². The highest BCUT2D eigenvalue weighted by atomic mass is 127. The number of fused-ring (bicyclic) bond motifs is 1. The standard InChI is InChI=1S/C11H12INO2/c1-13-6-9(12)8-4-7(14-2)5-10(15-3)11(8)13/h4-6H,1-3H3. The monoisotopic (exact) mass is 317 g/mol. The highest BCUT2D eigenvalue weighted by molar-refractivity contribution is 14.1. The largest absolute Gasteiger partial charge is 0.497 e. The van der Waals surface area contributed by atoms with E-state index in [9.17, 15) is 0 Å². The zero-order chi connectivity index (χ0) is 11.0. The van der Waals surface area contributed by atoms with Gasteiger partial charge in [-0.15, -0.1) is 0 Å². The number of ether oxygens (including phenoxy) is 2. The minimum atomic E-state index is 0.823. The van der Waals surface area contributed by atoms with Crippen LogP contribution in [-0.2, 0) is 7.05 Å². The Morgan fingerprint density at radius 3 is 2.53 bits per heavy atom. The van der Waals surface area contributed by atoms with E-state index in [4.69, 9.17) is 9.47 Å². The van der Waals surface area contributed by atoms with Gasteiger partial charge in [-0.1, -0.05) is 0 Å². The van der Waals surface area contributed by atoms with Crippen LogP contribution >= 0.6 is 22.6 Å². The van der Waals surface area contributed by atoms with E-state index in [-0.39, 0.29) is 0 Å². The average molecular weight is 317 g/mol. The van der Waals surface area contributed by atoms with E-state index in [0.29, 0.717) is 0 Å². The van der Waals surface area contributed by atoms with Crippen molar-refractivity contribution in [2.45, 2.75) is 0 Å². The molecular weight excluding hydrogens is 305 g/mol. The minimum Gasteiger partial charge on any atom is -0.497 e. The van der Waals surface area contributed by atoms with Crippen LogP contribution in [0.2, 0.25) is 0 Å². The number of aromatic nitrogens is 1. The van der Waals surface area contributed by atoms with Gasteiger partial charge in [-0.05, 0) is 28.7 Å². The topological polar surface area (TPSA) is 23.4 Å². The number of methoxy groups -OCH3 is 2. The normalized spacial score (nSPS) is 10.7. The van der Waals surface area contributed by atoms with Crippen LogP contribution in [0.5, 0.6) is 11.5 Å². The van der Waals surface area contributed by atoms with Crippen LogP contribution in [0.4, 0.5) is 0 Å². The molecule has 80 valence electrons. The van der Waals surface area contributed by atoms with Crippen molar-refractivity contribution in [1.82, 2.24) is 4.57 Å². The summed E-state index contributed by atoms with van der Waals surface area (Å²) in [6.07, 6.45) is 2.08. The van der Waals surface area contributed by atoms with Crippen LogP contribution in [0.25, 0.3) is 10.9 Å². The summed E-state index contributed by atoms with van der Waals surface area (Å²) >= 11 is 2.31. The second-order valence-electron chi connectivity index (χ2n) is 3.31.